The molecule has 0 saturated carbocycles. The molecule has 0 spiro atoms. The van der Waals surface area contributed by atoms with E-state index in [0.29, 0.717) is 22.0 Å². The normalized spacial score (nSPS) is 12.1. The van der Waals surface area contributed by atoms with E-state index in [2.05, 4.69) is 15.4 Å². The Labute approximate surface area is 210 Å². The highest BCUT2D eigenvalue weighted by atomic mass is 32.2. The zero-order valence-corrected chi connectivity index (χ0v) is 20.6. The van der Waals surface area contributed by atoms with E-state index >= 15 is 0 Å². The highest BCUT2D eigenvalue weighted by Crippen LogP contribution is 2.29. The summed E-state index contributed by atoms with van der Waals surface area (Å²) in [5.41, 5.74) is 1.80. The summed E-state index contributed by atoms with van der Waals surface area (Å²) in [5.74, 6) is -0.765. The van der Waals surface area contributed by atoms with Crippen molar-refractivity contribution in [3.05, 3.63) is 108 Å². The van der Waals surface area contributed by atoms with Crippen LogP contribution in [0, 0.1) is 0 Å². The zero-order valence-electron chi connectivity index (χ0n) is 19.8. The second kappa shape index (κ2) is 11.2. The molecule has 0 radical (unpaired) electrons. The highest BCUT2D eigenvalue weighted by Gasteiger charge is 2.23. The van der Waals surface area contributed by atoms with Crippen LogP contribution in [0.4, 0.5) is 5.69 Å². The smallest absolute Gasteiger partial charge is 0.251 e. The number of carbonyl (C=O) groups is 2. The zero-order chi connectivity index (χ0) is 25.5. The van der Waals surface area contributed by atoms with Gasteiger partial charge in [-0.2, -0.15) is 0 Å². The van der Waals surface area contributed by atoms with Crippen LogP contribution >= 0.6 is 0 Å². The number of rotatable bonds is 9. The van der Waals surface area contributed by atoms with E-state index in [9.17, 15) is 18.0 Å². The van der Waals surface area contributed by atoms with Crippen molar-refractivity contribution in [3.8, 4) is 0 Å². The van der Waals surface area contributed by atoms with Gasteiger partial charge in [-0.1, -0.05) is 79.7 Å². The van der Waals surface area contributed by atoms with E-state index in [0.717, 1.165) is 5.56 Å². The van der Waals surface area contributed by atoms with Crippen LogP contribution < -0.4 is 15.4 Å². The number of hydrogen-bond donors (Lipinski definition) is 3. The van der Waals surface area contributed by atoms with Gasteiger partial charge in [0.1, 0.15) is 6.04 Å². The summed E-state index contributed by atoms with van der Waals surface area (Å²) in [6.07, 6.45) is 0.288. The van der Waals surface area contributed by atoms with E-state index in [1.165, 1.54) is 6.07 Å². The summed E-state index contributed by atoms with van der Waals surface area (Å²) in [5, 5.41) is 6.82. The largest absolute Gasteiger partial charge is 0.340 e. The third kappa shape index (κ3) is 5.79. The molecule has 0 aliphatic carbocycles. The van der Waals surface area contributed by atoms with Crippen molar-refractivity contribution in [3.63, 3.8) is 0 Å². The second-order valence-corrected chi connectivity index (χ2v) is 9.96. The summed E-state index contributed by atoms with van der Waals surface area (Å²) in [6.45, 7) is 1.97. The van der Waals surface area contributed by atoms with Crippen molar-refractivity contribution < 1.29 is 18.0 Å². The lowest BCUT2D eigenvalue weighted by molar-refractivity contribution is -0.118. The molecule has 184 valence electrons. The third-order valence-corrected chi connectivity index (χ3v) is 7.31. The molecule has 7 nitrogen and oxygen atoms in total. The van der Waals surface area contributed by atoms with Crippen LogP contribution in [0.25, 0.3) is 10.8 Å². The summed E-state index contributed by atoms with van der Waals surface area (Å²) >= 11 is 0. The fourth-order valence-electron chi connectivity index (χ4n) is 4.00. The van der Waals surface area contributed by atoms with Crippen LogP contribution in [-0.4, -0.2) is 32.8 Å². The van der Waals surface area contributed by atoms with E-state index in [-0.39, 0.29) is 23.8 Å². The van der Waals surface area contributed by atoms with Crippen molar-refractivity contribution >= 4 is 38.3 Å². The standard InChI is InChI=1S/C28H27N3O4S/c1-2-29-36(34,35)26-18-10-15-22-23(26)16-9-17-24(22)30-28(33)25(19-20-11-5-3-6-12-20)31-27(32)21-13-7-4-8-14-21/h3-18,25,29H,2,19H2,1H3,(H,30,33)(H,31,32)/t25-/m1/s1. The van der Waals surface area contributed by atoms with Gasteiger partial charge in [-0.25, -0.2) is 13.1 Å². The Morgan fingerprint density at radius 3 is 2.11 bits per heavy atom. The van der Waals surface area contributed by atoms with Crippen LogP contribution in [0.1, 0.15) is 22.8 Å². The Morgan fingerprint density at radius 1 is 0.778 bits per heavy atom. The number of amides is 2. The predicted molar refractivity (Wildman–Crippen MR) is 141 cm³/mol. The Kier molecular flexibility index (Phi) is 7.77. The van der Waals surface area contributed by atoms with Crippen LogP contribution in [0.15, 0.2) is 102 Å². The molecule has 36 heavy (non-hydrogen) atoms. The van der Waals surface area contributed by atoms with E-state index in [4.69, 9.17) is 0 Å². The highest BCUT2D eigenvalue weighted by molar-refractivity contribution is 7.89. The first kappa shape index (κ1) is 25.1. The van der Waals surface area contributed by atoms with Gasteiger partial charge in [-0.15, -0.1) is 0 Å². The summed E-state index contributed by atoms with van der Waals surface area (Å²) < 4.78 is 27.9. The molecule has 0 unspecified atom stereocenters. The first-order chi connectivity index (χ1) is 17.4. The second-order valence-electron chi connectivity index (χ2n) is 8.23. The lowest BCUT2D eigenvalue weighted by Crippen LogP contribution is -2.45. The molecule has 0 saturated heterocycles. The number of anilines is 1. The quantitative estimate of drug-likeness (QED) is 0.321. The van der Waals surface area contributed by atoms with Gasteiger partial charge in [-0.05, 0) is 29.8 Å². The van der Waals surface area contributed by atoms with Crippen molar-refractivity contribution in [2.45, 2.75) is 24.3 Å². The maximum absolute atomic E-state index is 13.5. The minimum absolute atomic E-state index is 0.135. The molecule has 0 aliphatic heterocycles. The number of nitrogens with one attached hydrogen (secondary N) is 3. The van der Waals surface area contributed by atoms with Gasteiger partial charge in [0.05, 0.1) is 4.90 Å². The molecular weight excluding hydrogens is 474 g/mol. The van der Waals surface area contributed by atoms with Crippen molar-refractivity contribution in [1.82, 2.24) is 10.0 Å². The summed E-state index contributed by atoms with van der Waals surface area (Å²) in [6, 6.07) is 27.3. The number of benzene rings is 4. The predicted octanol–water partition coefficient (Wildman–Crippen LogP) is 4.12. The van der Waals surface area contributed by atoms with Crippen molar-refractivity contribution in [2.75, 3.05) is 11.9 Å². The summed E-state index contributed by atoms with van der Waals surface area (Å²) in [7, 11) is -3.71. The maximum atomic E-state index is 13.5. The lowest BCUT2D eigenvalue weighted by atomic mass is 10.0. The fraction of sp³-hybridized carbons (Fsp3) is 0.143. The molecular formula is C28H27N3O4S. The molecule has 3 N–H and O–H groups in total. The number of carbonyl (C=O) groups excluding carboxylic acids is 2. The van der Waals surface area contributed by atoms with E-state index < -0.39 is 22.0 Å². The van der Waals surface area contributed by atoms with Gasteiger partial charge in [-0.3, -0.25) is 9.59 Å². The van der Waals surface area contributed by atoms with Gasteiger partial charge in [0.25, 0.3) is 5.91 Å². The Bertz CT molecular complexity index is 1470. The van der Waals surface area contributed by atoms with Crippen molar-refractivity contribution in [2.24, 2.45) is 0 Å². The Balaban J connectivity index is 1.65. The van der Waals surface area contributed by atoms with Crippen LogP contribution in [-0.2, 0) is 21.2 Å². The lowest BCUT2D eigenvalue weighted by Gasteiger charge is -2.20. The average molecular weight is 502 g/mol. The first-order valence-corrected chi connectivity index (χ1v) is 13.1. The number of sulfonamides is 1. The maximum Gasteiger partial charge on any atom is 0.251 e. The average Bonchev–Trinajstić information content (AvgIpc) is 2.89. The molecule has 0 heterocycles. The molecule has 0 fully saturated rings. The monoisotopic (exact) mass is 501 g/mol. The van der Waals surface area contributed by atoms with Crippen molar-refractivity contribution in [1.29, 1.82) is 0 Å². The summed E-state index contributed by atoms with van der Waals surface area (Å²) in [4.78, 5) is 26.5. The molecule has 0 aromatic heterocycles. The fourth-order valence-corrected chi connectivity index (χ4v) is 5.26. The number of fused-ring (bicyclic) bond motifs is 1. The minimum Gasteiger partial charge on any atom is -0.340 e. The Hall–Kier alpha value is -4.01. The van der Waals surface area contributed by atoms with Gasteiger partial charge in [0, 0.05) is 35.0 Å². The molecule has 0 aliphatic rings. The van der Waals surface area contributed by atoms with E-state index in [1.54, 1.807) is 61.5 Å². The topological polar surface area (TPSA) is 104 Å². The van der Waals surface area contributed by atoms with Gasteiger partial charge in [0.15, 0.2) is 0 Å². The molecule has 1 atom stereocenters. The number of hydrogen-bond acceptors (Lipinski definition) is 4. The minimum atomic E-state index is -3.71. The molecule has 4 aromatic rings. The van der Waals surface area contributed by atoms with Gasteiger partial charge < -0.3 is 10.6 Å². The van der Waals surface area contributed by atoms with Crippen LogP contribution in [0.3, 0.4) is 0 Å². The first-order valence-electron chi connectivity index (χ1n) is 11.6. The molecule has 8 heteroatoms. The SMILES string of the molecule is CCNS(=O)(=O)c1cccc2c(NC(=O)[C@@H](Cc3ccccc3)NC(=O)c3ccccc3)cccc12. The Morgan fingerprint density at radius 2 is 1.42 bits per heavy atom. The van der Waals surface area contributed by atoms with Gasteiger partial charge in [0.2, 0.25) is 15.9 Å². The molecule has 0 bridgehead atoms. The molecule has 4 rings (SSSR count). The molecule has 4 aromatic carbocycles. The molecule has 2 amide bonds. The third-order valence-electron chi connectivity index (χ3n) is 5.70. The van der Waals surface area contributed by atoms with Crippen LogP contribution in [0.2, 0.25) is 0 Å². The van der Waals surface area contributed by atoms with Crippen LogP contribution in [0.5, 0.6) is 0 Å². The van der Waals surface area contributed by atoms with E-state index in [1.807, 2.05) is 36.4 Å². The van der Waals surface area contributed by atoms with Gasteiger partial charge >= 0.3 is 0 Å².